The summed E-state index contributed by atoms with van der Waals surface area (Å²) >= 11 is 5.81. The molecule has 0 saturated heterocycles. The predicted molar refractivity (Wildman–Crippen MR) is 125 cm³/mol. The third-order valence-electron chi connectivity index (χ3n) is 4.21. The Balaban J connectivity index is 0.00000392. The second kappa shape index (κ2) is 12.1. The highest BCUT2D eigenvalue weighted by Crippen LogP contribution is 2.14. The Morgan fingerprint density at radius 3 is 2.68 bits per heavy atom. The van der Waals surface area contributed by atoms with Gasteiger partial charge in [0.05, 0.1) is 17.3 Å². The number of aromatic nitrogens is 3. The van der Waals surface area contributed by atoms with Gasteiger partial charge in [-0.25, -0.2) is 9.98 Å². The largest absolute Gasteiger partial charge is 0.476 e. The Hall–Kier alpha value is -1.55. The molecule has 1 unspecified atom stereocenters. The first-order chi connectivity index (χ1) is 12.9. The van der Waals surface area contributed by atoms with Crippen LogP contribution in [0.5, 0.6) is 5.88 Å². The van der Waals surface area contributed by atoms with Crippen LogP contribution in [-0.2, 0) is 13.5 Å². The molecule has 0 radical (unpaired) electrons. The van der Waals surface area contributed by atoms with Gasteiger partial charge in [-0.2, -0.15) is 5.10 Å². The van der Waals surface area contributed by atoms with E-state index < -0.39 is 0 Å². The van der Waals surface area contributed by atoms with Crippen molar-refractivity contribution in [3.63, 3.8) is 0 Å². The normalized spacial score (nSPS) is 12.3. The number of nitrogens with one attached hydrogen (secondary N) is 2. The number of hydrogen-bond acceptors (Lipinski definition) is 4. The van der Waals surface area contributed by atoms with Gasteiger partial charge in [-0.05, 0) is 45.7 Å². The van der Waals surface area contributed by atoms with Crippen molar-refractivity contribution in [1.29, 1.82) is 0 Å². The van der Waals surface area contributed by atoms with E-state index in [1.165, 1.54) is 11.3 Å². The van der Waals surface area contributed by atoms with Gasteiger partial charge in [-0.3, -0.25) is 4.68 Å². The molecule has 9 heteroatoms. The second-order valence-corrected chi connectivity index (χ2v) is 6.88. The SMILES string of the molecule is CCNC(=NCCOc1ccc(Cl)cn1)NC(C)Cc1c(C)nn(C)c1C.I. The maximum absolute atomic E-state index is 5.81. The fourth-order valence-corrected chi connectivity index (χ4v) is 2.89. The van der Waals surface area contributed by atoms with Crippen LogP contribution in [0.3, 0.4) is 0 Å². The Labute approximate surface area is 189 Å². The lowest BCUT2D eigenvalue weighted by molar-refractivity contribution is 0.316. The zero-order chi connectivity index (χ0) is 19.8. The second-order valence-electron chi connectivity index (χ2n) is 6.45. The van der Waals surface area contributed by atoms with E-state index in [4.69, 9.17) is 16.3 Å². The van der Waals surface area contributed by atoms with Crippen molar-refractivity contribution < 1.29 is 4.74 Å². The molecule has 0 aliphatic heterocycles. The molecule has 0 fully saturated rings. The molecule has 0 aliphatic rings. The van der Waals surface area contributed by atoms with Crippen molar-refractivity contribution in [2.24, 2.45) is 12.0 Å². The molecule has 0 bridgehead atoms. The zero-order valence-corrected chi connectivity index (χ0v) is 20.2. The quantitative estimate of drug-likeness (QED) is 0.242. The number of guanidine groups is 1. The van der Waals surface area contributed by atoms with Gasteiger partial charge in [0, 0.05) is 37.6 Å². The lowest BCUT2D eigenvalue weighted by Gasteiger charge is -2.18. The van der Waals surface area contributed by atoms with Gasteiger partial charge in [0.25, 0.3) is 0 Å². The van der Waals surface area contributed by atoms with Crippen LogP contribution in [-0.4, -0.2) is 46.5 Å². The highest BCUT2D eigenvalue weighted by Gasteiger charge is 2.13. The van der Waals surface area contributed by atoms with E-state index in [9.17, 15) is 0 Å². The summed E-state index contributed by atoms with van der Waals surface area (Å²) in [6.45, 7) is 10.1. The summed E-state index contributed by atoms with van der Waals surface area (Å²) in [5.74, 6) is 1.32. The molecular formula is C19H30ClIN6O. The zero-order valence-electron chi connectivity index (χ0n) is 17.1. The summed E-state index contributed by atoms with van der Waals surface area (Å²) in [6.07, 6.45) is 2.46. The van der Waals surface area contributed by atoms with E-state index in [1.54, 1.807) is 18.3 Å². The van der Waals surface area contributed by atoms with E-state index in [-0.39, 0.29) is 30.0 Å². The van der Waals surface area contributed by atoms with E-state index >= 15 is 0 Å². The maximum atomic E-state index is 5.81. The number of nitrogens with zero attached hydrogens (tertiary/aromatic N) is 4. The van der Waals surface area contributed by atoms with Crippen molar-refractivity contribution in [2.45, 2.75) is 40.2 Å². The van der Waals surface area contributed by atoms with Crippen LogP contribution in [0.1, 0.15) is 30.8 Å². The topological polar surface area (TPSA) is 76.4 Å². The summed E-state index contributed by atoms with van der Waals surface area (Å²) < 4.78 is 7.51. The number of aryl methyl sites for hydroxylation is 2. The van der Waals surface area contributed by atoms with E-state index in [2.05, 4.69) is 46.5 Å². The summed E-state index contributed by atoms with van der Waals surface area (Å²) in [4.78, 5) is 8.68. The molecule has 0 amide bonds. The van der Waals surface area contributed by atoms with E-state index in [1.807, 2.05) is 18.7 Å². The van der Waals surface area contributed by atoms with Gasteiger partial charge >= 0.3 is 0 Å². The van der Waals surface area contributed by atoms with Gasteiger partial charge in [0.2, 0.25) is 5.88 Å². The first-order valence-corrected chi connectivity index (χ1v) is 9.56. The molecule has 2 rings (SSSR count). The first-order valence-electron chi connectivity index (χ1n) is 9.19. The average molecular weight is 521 g/mol. The molecule has 0 saturated carbocycles. The third-order valence-corrected chi connectivity index (χ3v) is 4.43. The highest BCUT2D eigenvalue weighted by molar-refractivity contribution is 14.0. The monoisotopic (exact) mass is 520 g/mol. The minimum Gasteiger partial charge on any atom is -0.476 e. The van der Waals surface area contributed by atoms with Crippen molar-refractivity contribution >= 4 is 41.5 Å². The van der Waals surface area contributed by atoms with Crippen LogP contribution in [0.25, 0.3) is 0 Å². The van der Waals surface area contributed by atoms with Gasteiger partial charge in [-0.15, -0.1) is 24.0 Å². The standard InChI is InChI=1S/C19H29ClN6O.HI/c1-6-21-19(22-9-10-27-18-8-7-16(20)12-23-18)24-13(2)11-17-14(3)25-26(5)15(17)4;/h7-8,12-13H,6,9-11H2,1-5H3,(H2,21,22,24);1H. The molecule has 2 aromatic rings. The van der Waals surface area contributed by atoms with Crippen LogP contribution < -0.4 is 15.4 Å². The fourth-order valence-electron chi connectivity index (χ4n) is 2.78. The van der Waals surface area contributed by atoms with E-state index in [0.717, 1.165) is 24.6 Å². The molecule has 0 aliphatic carbocycles. The van der Waals surface area contributed by atoms with Crippen LogP contribution in [0.4, 0.5) is 0 Å². The molecule has 2 aromatic heterocycles. The van der Waals surface area contributed by atoms with Gasteiger partial charge < -0.3 is 15.4 Å². The number of rotatable bonds is 8. The maximum Gasteiger partial charge on any atom is 0.213 e. The molecule has 0 spiro atoms. The Morgan fingerprint density at radius 1 is 1.36 bits per heavy atom. The van der Waals surface area contributed by atoms with Crippen molar-refractivity contribution in [1.82, 2.24) is 25.4 Å². The number of ether oxygens (including phenoxy) is 1. The summed E-state index contributed by atoms with van der Waals surface area (Å²) in [5.41, 5.74) is 3.56. The summed E-state index contributed by atoms with van der Waals surface area (Å²) in [6, 6.07) is 3.72. The van der Waals surface area contributed by atoms with Gasteiger partial charge in [-0.1, -0.05) is 11.6 Å². The minimum absolute atomic E-state index is 0. The summed E-state index contributed by atoms with van der Waals surface area (Å²) in [5, 5.41) is 11.8. The van der Waals surface area contributed by atoms with Gasteiger partial charge in [0.1, 0.15) is 6.61 Å². The van der Waals surface area contributed by atoms with Crippen LogP contribution in [0.15, 0.2) is 23.3 Å². The highest BCUT2D eigenvalue weighted by atomic mass is 127. The Bertz CT molecular complexity index is 763. The number of hydrogen-bond donors (Lipinski definition) is 2. The average Bonchev–Trinajstić information content (AvgIpc) is 2.86. The Morgan fingerprint density at radius 2 is 2.11 bits per heavy atom. The lowest BCUT2D eigenvalue weighted by Crippen LogP contribution is -2.43. The lowest BCUT2D eigenvalue weighted by atomic mass is 10.1. The molecule has 28 heavy (non-hydrogen) atoms. The molecule has 2 heterocycles. The number of aliphatic imine (C=N–C) groups is 1. The van der Waals surface area contributed by atoms with Crippen molar-refractivity contribution in [3.8, 4) is 5.88 Å². The minimum atomic E-state index is 0. The van der Waals surface area contributed by atoms with Gasteiger partial charge in [0.15, 0.2) is 5.96 Å². The molecular weight excluding hydrogens is 491 g/mol. The fraction of sp³-hybridized carbons (Fsp3) is 0.526. The third kappa shape index (κ3) is 7.46. The van der Waals surface area contributed by atoms with Crippen molar-refractivity contribution in [3.05, 3.63) is 40.3 Å². The number of halogens is 2. The smallest absolute Gasteiger partial charge is 0.213 e. The Kier molecular flexibility index (Phi) is 10.6. The van der Waals surface area contributed by atoms with Crippen LogP contribution in [0, 0.1) is 13.8 Å². The molecule has 2 N–H and O–H groups in total. The number of pyridine rings is 1. The molecule has 1 atom stereocenters. The molecule has 156 valence electrons. The molecule has 7 nitrogen and oxygen atoms in total. The van der Waals surface area contributed by atoms with Crippen LogP contribution in [0.2, 0.25) is 5.02 Å². The van der Waals surface area contributed by atoms with E-state index in [0.29, 0.717) is 24.1 Å². The summed E-state index contributed by atoms with van der Waals surface area (Å²) in [7, 11) is 1.98. The first kappa shape index (κ1) is 24.5. The van der Waals surface area contributed by atoms with Crippen molar-refractivity contribution in [2.75, 3.05) is 19.7 Å². The van der Waals surface area contributed by atoms with Crippen LogP contribution >= 0.6 is 35.6 Å². The molecule has 0 aromatic carbocycles. The predicted octanol–water partition coefficient (Wildman–Crippen LogP) is 3.27.